The average Bonchev–Trinajstić information content (AvgIpc) is 2.60. The third-order valence-corrected chi connectivity index (χ3v) is 2.33. The van der Waals surface area contributed by atoms with E-state index >= 15 is 0 Å². The Hall–Kier alpha value is -0.770. The third-order valence-electron chi connectivity index (χ3n) is 2.33. The maximum Gasteiger partial charge on any atom is 0.407 e. The maximum absolute atomic E-state index is 10.5. The van der Waals surface area contributed by atoms with Crippen LogP contribution >= 0.6 is 0 Å². The van der Waals surface area contributed by atoms with Gasteiger partial charge in [0.2, 0.25) is 0 Å². The molecule has 1 amide bonds. The van der Waals surface area contributed by atoms with Gasteiger partial charge < -0.3 is 14.7 Å². The van der Waals surface area contributed by atoms with Crippen molar-refractivity contribution in [2.45, 2.75) is 25.0 Å². The van der Waals surface area contributed by atoms with Crippen molar-refractivity contribution in [1.29, 1.82) is 0 Å². The zero-order valence-corrected chi connectivity index (χ0v) is 6.19. The summed E-state index contributed by atoms with van der Waals surface area (Å²) in [6.07, 6.45) is 1.67. The standard InChI is InChI=1S/C7H11NO3/c9-7(10)8-3-1-5-6(11-5)2-4-8/h5-6H,1-4H2,(H,9,10). The van der Waals surface area contributed by atoms with Crippen LogP contribution in [-0.4, -0.2) is 41.4 Å². The highest BCUT2D eigenvalue weighted by molar-refractivity contribution is 5.64. The van der Waals surface area contributed by atoms with Gasteiger partial charge in [-0.25, -0.2) is 4.79 Å². The topological polar surface area (TPSA) is 53.1 Å². The van der Waals surface area contributed by atoms with E-state index in [0.717, 1.165) is 12.8 Å². The molecule has 2 aliphatic heterocycles. The highest BCUT2D eigenvalue weighted by Gasteiger charge is 2.41. The molecule has 4 heteroatoms. The van der Waals surface area contributed by atoms with Crippen LogP contribution in [0, 0.1) is 0 Å². The lowest BCUT2D eigenvalue weighted by Gasteiger charge is -2.15. The molecule has 2 aliphatic rings. The molecule has 2 heterocycles. The van der Waals surface area contributed by atoms with Crippen LogP contribution in [0.4, 0.5) is 4.79 Å². The van der Waals surface area contributed by atoms with Gasteiger partial charge in [-0.1, -0.05) is 0 Å². The average molecular weight is 157 g/mol. The number of likely N-dealkylation sites (tertiary alicyclic amines) is 1. The minimum absolute atomic E-state index is 0.361. The lowest BCUT2D eigenvalue weighted by atomic mass is 10.2. The van der Waals surface area contributed by atoms with Gasteiger partial charge in [-0.3, -0.25) is 0 Å². The second kappa shape index (κ2) is 2.37. The first-order chi connectivity index (χ1) is 5.27. The van der Waals surface area contributed by atoms with Crippen molar-refractivity contribution in [2.24, 2.45) is 0 Å². The quantitative estimate of drug-likeness (QED) is 0.522. The molecule has 2 atom stereocenters. The molecule has 0 spiro atoms. The van der Waals surface area contributed by atoms with Crippen molar-refractivity contribution in [3.63, 3.8) is 0 Å². The van der Waals surface area contributed by atoms with Crippen LogP contribution < -0.4 is 0 Å². The van der Waals surface area contributed by atoms with Crippen molar-refractivity contribution < 1.29 is 14.6 Å². The summed E-state index contributed by atoms with van der Waals surface area (Å²) in [4.78, 5) is 12.0. The summed E-state index contributed by atoms with van der Waals surface area (Å²) >= 11 is 0. The fraction of sp³-hybridized carbons (Fsp3) is 0.857. The van der Waals surface area contributed by atoms with Crippen molar-refractivity contribution in [3.8, 4) is 0 Å². The lowest BCUT2D eigenvalue weighted by molar-refractivity contribution is 0.140. The van der Waals surface area contributed by atoms with Gasteiger partial charge in [0, 0.05) is 13.1 Å². The highest BCUT2D eigenvalue weighted by atomic mass is 16.6. The molecule has 2 fully saturated rings. The summed E-state index contributed by atoms with van der Waals surface area (Å²) in [5.41, 5.74) is 0. The Bertz CT molecular complexity index is 171. The van der Waals surface area contributed by atoms with Gasteiger partial charge in [0.25, 0.3) is 0 Å². The van der Waals surface area contributed by atoms with Crippen molar-refractivity contribution in [2.75, 3.05) is 13.1 Å². The number of epoxide rings is 1. The zero-order valence-electron chi connectivity index (χ0n) is 6.19. The van der Waals surface area contributed by atoms with Crippen LogP contribution in [0.5, 0.6) is 0 Å². The summed E-state index contributed by atoms with van der Waals surface area (Å²) in [6, 6.07) is 0. The number of rotatable bonds is 0. The molecule has 0 aromatic rings. The van der Waals surface area contributed by atoms with Crippen molar-refractivity contribution >= 4 is 6.09 Å². The lowest BCUT2D eigenvalue weighted by Crippen LogP contribution is -2.31. The van der Waals surface area contributed by atoms with Crippen molar-refractivity contribution in [3.05, 3.63) is 0 Å². The Balaban J connectivity index is 1.91. The molecule has 62 valence electrons. The molecule has 1 N–H and O–H groups in total. The predicted octanol–water partition coefficient (Wildman–Crippen LogP) is 0.528. The molecule has 0 bridgehead atoms. The van der Waals surface area contributed by atoms with E-state index in [9.17, 15) is 4.79 Å². The molecule has 0 aliphatic carbocycles. The van der Waals surface area contributed by atoms with Crippen LogP contribution in [0.2, 0.25) is 0 Å². The third kappa shape index (κ3) is 1.30. The Kier molecular flexibility index (Phi) is 1.49. The Morgan fingerprint density at radius 2 is 1.91 bits per heavy atom. The molecular formula is C7H11NO3. The molecule has 0 aromatic heterocycles. The second-order valence-corrected chi connectivity index (χ2v) is 3.06. The molecule has 4 nitrogen and oxygen atoms in total. The first-order valence-electron chi connectivity index (χ1n) is 3.91. The monoisotopic (exact) mass is 157 g/mol. The summed E-state index contributed by atoms with van der Waals surface area (Å²) in [5.74, 6) is 0. The number of hydrogen-bond donors (Lipinski definition) is 1. The first kappa shape index (κ1) is 6.91. The molecule has 0 aromatic carbocycles. The minimum Gasteiger partial charge on any atom is -0.465 e. The number of carbonyl (C=O) groups is 1. The van der Waals surface area contributed by atoms with Gasteiger partial charge >= 0.3 is 6.09 Å². The molecule has 0 saturated carbocycles. The van der Waals surface area contributed by atoms with Crippen molar-refractivity contribution in [1.82, 2.24) is 4.90 Å². The smallest absolute Gasteiger partial charge is 0.407 e. The summed E-state index contributed by atoms with van der Waals surface area (Å²) in [6.45, 7) is 1.27. The Morgan fingerprint density at radius 3 is 2.36 bits per heavy atom. The largest absolute Gasteiger partial charge is 0.465 e. The first-order valence-corrected chi connectivity index (χ1v) is 3.91. The number of ether oxygens (including phenoxy) is 1. The molecule has 2 unspecified atom stereocenters. The fourth-order valence-corrected chi connectivity index (χ4v) is 1.56. The van der Waals surface area contributed by atoms with E-state index in [1.165, 1.54) is 4.90 Å². The molecule has 0 radical (unpaired) electrons. The van der Waals surface area contributed by atoms with Gasteiger partial charge in [-0.15, -0.1) is 0 Å². The summed E-state index contributed by atoms with van der Waals surface area (Å²) in [5, 5.41) is 8.65. The zero-order chi connectivity index (χ0) is 7.84. The van der Waals surface area contributed by atoms with Gasteiger partial charge in [-0.2, -0.15) is 0 Å². The Labute approximate surface area is 64.7 Å². The van der Waals surface area contributed by atoms with Crippen LogP contribution in [0.1, 0.15) is 12.8 Å². The summed E-state index contributed by atoms with van der Waals surface area (Å²) in [7, 11) is 0. The minimum atomic E-state index is -0.800. The van der Waals surface area contributed by atoms with Gasteiger partial charge in [0.05, 0.1) is 12.2 Å². The van der Waals surface area contributed by atoms with E-state index in [-0.39, 0.29) is 0 Å². The maximum atomic E-state index is 10.5. The van der Waals surface area contributed by atoms with E-state index in [1.54, 1.807) is 0 Å². The molecule has 2 saturated heterocycles. The van der Waals surface area contributed by atoms with Crippen LogP contribution in [-0.2, 0) is 4.74 Å². The Morgan fingerprint density at radius 1 is 1.36 bits per heavy atom. The van der Waals surface area contributed by atoms with Crippen LogP contribution in [0.25, 0.3) is 0 Å². The fourth-order valence-electron chi connectivity index (χ4n) is 1.56. The molecular weight excluding hydrogens is 146 g/mol. The van der Waals surface area contributed by atoms with Crippen LogP contribution in [0.3, 0.4) is 0 Å². The second-order valence-electron chi connectivity index (χ2n) is 3.06. The normalized spacial score (nSPS) is 35.8. The van der Waals surface area contributed by atoms with Gasteiger partial charge in [0.15, 0.2) is 0 Å². The number of carboxylic acid groups (broad SMARTS) is 1. The molecule has 2 rings (SSSR count). The van der Waals surface area contributed by atoms with E-state index in [1.807, 2.05) is 0 Å². The van der Waals surface area contributed by atoms with E-state index in [4.69, 9.17) is 9.84 Å². The van der Waals surface area contributed by atoms with Crippen LogP contribution in [0.15, 0.2) is 0 Å². The van der Waals surface area contributed by atoms with E-state index in [2.05, 4.69) is 0 Å². The van der Waals surface area contributed by atoms with E-state index < -0.39 is 6.09 Å². The predicted molar refractivity (Wildman–Crippen MR) is 37.5 cm³/mol. The SMILES string of the molecule is O=C(O)N1CCC2OC2CC1. The number of amides is 1. The highest BCUT2D eigenvalue weighted by Crippen LogP contribution is 2.31. The van der Waals surface area contributed by atoms with Gasteiger partial charge in [-0.05, 0) is 12.8 Å². The number of hydrogen-bond acceptors (Lipinski definition) is 2. The number of fused-ring (bicyclic) bond motifs is 1. The van der Waals surface area contributed by atoms with E-state index in [0.29, 0.717) is 25.3 Å². The summed E-state index contributed by atoms with van der Waals surface area (Å²) < 4.78 is 5.27. The molecule has 11 heavy (non-hydrogen) atoms. The van der Waals surface area contributed by atoms with Gasteiger partial charge in [0.1, 0.15) is 0 Å². The number of nitrogens with zero attached hydrogens (tertiary/aromatic N) is 1.